The first-order valence-electron chi connectivity index (χ1n) is 6.91. The Hall–Kier alpha value is -2.63. The molecular weight excluding hydrogens is 268 g/mol. The predicted molar refractivity (Wildman–Crippen MR) is 77.6 cm³/mol. The summed E-state index contributed by atoms with van der Waals surface area (Å²) in [6, 6.07) is 7.54. The van der Waals surface area contributed by atoms with Crippen molar-refractivity contribution in [2.45, 2.75) is 19.3 Å². The highest BCUT2D eigenvalue weighted by Gasteiger charge is 2.11. The molecule has 108 valence electrons. The predicted octanol–water partition coefficient (Wildman–Crippen LogP) is 1.84. The van der Waals surface area contributed by atoms with Crippen LogP contribution in [0.25, 0.3) is 11.0 Å². The van der Waals surface area contributed by atoms with Gasteiger partial charge in [0.25, 0.3) is 0 Å². The van der Waals surface area contributed by atoms with E-state index in [-0.39, 0.29) is 12.3 Å². The lowest BCUT2D eigenvalue weighted by molar-refractivity contribution is -0.120. The zero-order valence-corrected chi connectivity index (χ0v) is 11.5. The van der Waals surface area contributed by atoms with E-state index in [0.29, 0.717) is 17.8 Å². The number of rotatable bonds is 6. The van der Waals surface area contributed by atoms with Crippen LogP contribution in [0.3, 0.4) is 0 Å². The Bertz CT molecular complexity index is 718. The maximum atomic E-state index is 11.9. The number of hydrogen-bond donors (Lipinski definition) is 2. The second kappa shape index (κ2) is 6.21. The number of aromatic amines is 1. The number of fused-ring (bicyclic) bond motifs is 1. The standard InChI is InChI=1S/C15H16N4O2/c20-15(18-7-3-6-14-16-8-9-17-14)10-12-11-4-1-2-5-13(11)21-19-12/h1-2,4-5,8-9H,3,6-7,10H2,(H,16,17)(H,18,20). The highest BCUT2D eigenvalue weighted by Crippen LogP contribution is 2.17. The molecule has 0 saturated carbocycles. The number of carbonyl (C=O) groups excluding carboxylic acids is 1. The quantitative estimate of drug-likeness (QED) is 0.676. The van der Waals surface area contributed by atoms with Crippen LogP contribution in [0.1, 0.15) is 17.9 Å². The monoisotopic (exact) mass is 284 g/mol. The molecule has 0 spiro atoms. The molecule has 3 rings (SSSR count). The van der Waals surface area contributed by atoms with Crippen molar-refractivity contribution in [3.8, 4) is 0 Å². The molecule has 6 heteroatoms. The molecule has 2 aromatic heterocycles. The number of nitrogens with zero attached hydrogens (tertiary/aromatic N) is 2. The van der Waals surface area contributed by atoms with Gasteiger partial charge in [0.15, 0.2) is 5.58 Å². The van der Waals surface area contributed by atoms with E-state index < -0.39 is 0 Å². The fraction of sp³-hybridized carbons (Fsp3) is 0.267. The molecule has 0 atom stereocenters. The fourth-order valence-electron chi connectivity index (χ4n) is 2.20. The molecule has 0 fully saturated rings. The Morgan fingerprint density at radius 1 is 1.33 bits per heavy atom. The summed E-state index contributed by atoms with van der Waals surface area (Å²) in [6.07, 6.45) is 5.42. The van der Waals surface area contributed by atoms with Crippen LogP contribution in [-0.4, -0.2) is 27.6 Å². The van der Waals surface area contributed by atoms with Crippen LogP contribution in [0.4, 0.5) is 0 Å². The second-order valence-corrected chi connectivity index (χ2v) is 4.79. The van der Waals surface area contributed by atoms with Gasteiger partial charge in [-0.3, -0.25) is 4.79 Å². The first-order valence-corrected chi connectivity index (χ1v) is 6.91. The number of aryl methyl sites for hydroxylation is 1. The molecule has 0 unspecified atom stereocenters. The van der Waals surface area contributed by atoms with E-state index in [1.807, 2.05) is 24.3 Å². The Kier molecular flexibility index (Phi) is 3.95. The topological polar surface area (TPSA) is 83.8 Å². The molecule has 0 saturated heterocycles. The van der Waals surface area contributed by atoms with Gasteiger partial charge in [-0.15, -0.1) is 0 Å². The Morgan fingerprint density at radius 3 is 3.10 bits per heavy atom. The molecule has 1 amide bonds. The van der Waals surface area contributed by atoms with Crippen LogP contribution < -0.4 is 5.32 Å². The summed E-state index contributed by atoms with van der Waals surface area (Å²) in [6.45, 7) is 0.620. The Morgan fingerprint density at radius 2 is 2.24 bits per heavy atom. The molecule has 21 heavy (non-hydrogen) atoms. The molecule has 3 aromatic rings. The summed E-state index contributed by atoms with van der Waals surface area (Å²) in [7, 11) is 0. The lowest BCUT2D eigenvalue weighted by atomic mass is 10.1. The third kappa shape index (κ3) is 3.28. The maximum absolute atomic E-state index is 11.9. The Labute approximate surface area is 121 Å². The van der Waals surface area contributed by atoms with Gasteiger partial charge >= 0.3 is 0 Å². The number of carbonyl (C=O) groups is 1. The second-order valence-electron chi connectivity index (χ2n) is 4.79. The van der Waals surface area contributed by atoms with Gasteiger partial charge in [0.2, 0.25) is 5.91 Å². The number of amides is 1. The summed E-state index contributed by atoms with van der Waals surface area (Å²) in [4.78, 5) is 19.1. The van der Waals surface area contributed by atoms with Gasteiger partial charge in [0.1, 0.15) is 11.5 Å². The minimum absolute atomic E-state index is 0.0477. The van der Waals surface area contributed by atoms with Gasteiger partial charge in [-0.2, -0.15) is 0 Å². The average molecular weight is 284 g/mol. The Balaban J connectivity index is 1.48. The first-order chi connectivity index (χ1) is 10.3. The average Bonchev–Trinajstić information content (AvgIpc) is 3.14. The van der Waals surface area contributed by atoms with E-state index in [0.717, 1.165) is 24.1 Å². The number of H-pyrrole nitrogens is 1. The normalized spacial score (nSPS) is 10.9. The number of para-hydroxylation sites is 1. The minimum atomic E-state index is -0.0477. The van der Waals surface area contributed by atoms with Crippen LogP contribution in [0.5, 0.6) is 0 Å². The van der Waals surface area contributed by atoms with Crippen molar-refractivity contribution >= 4 is 16.9 Å². The number of hydrogen-bond acceptors (Lipinski definition) is 4. The third-order valence-corrected chi connectivity index (χ3v) is 3.25. The van der Waals surface area contributed by atoms with Crippen molar-refractivity contribution in [1.82, 2.24) is 20.4 Å². The molecule has 0 aliphatic heterocycles. The molecule has 6 nitrogen and oxygen atoms in total. The molecule has 2 heterocycles. The van der Waals surface area contributed by atoms with Crippen LogP contribution in [-0.2, 0) is 17.6 Å². The molecular formula is C15H16N4O2. The van der Waals surface area contributed by atoms with Gasteiger partial charge in [0.05, 0.1) is 6.42 Å². The summed E-state index contributed by atoms with van der Waals surface area (Å²) >= 11 is 0. The van der Waals surface area contributed by atoms with Crippen molar-refractivity contribution in [3.05, 3.63) is 48.2 Å². The van der Waals surface area contributed by atoms with Gasteiger partial charge in [-0.1, -0.05) is 17.3 Å². The SMILES string of the molecule is O=C(Cc1noc2ccccc12)NCCCc1ncc[nH]1. The lowest BCUT2D eigenvalue weighted by Crippen LogP contribution is -2.26. The summed E-state index contributed by atoms with van der Waals surface area (Å²) in [5.41, 5.74) is 1.38. The third-order valence-electron chi connectivity index (χ3n) is 3.25. The van der Waals surface area contributed by atoms with Gasteiger partial charge < -0.3 is 14.8 Å². The fourth-order valence-corrected chi connectivity index (χ4v) is 2.20. The van der Waals surface area contributed by atoms with E-state index >= 15 is 0 Å². The molecule has 0 bridgehead atoms. The number of aromatic nitrogens is 3. The van der Waals surface area contributed by atoms with Crippen LogP contribution in [0.15, 0.2) is 41.2 Å². The number of benzene rings is 1. The van der Waals surface area contributed by atoms with Crippen molar-refractivity contribution in [1.29, 1.82) is 0 Å². The van der Waals surface area contributed by atoms with Crippen molar-refractivity contribution in [2.75, 3.05) is 6.54 Å². The first kappa shape index (κ1) is 13.4. The molecule has 0 aliphatic carbocycles. The zero-order chi connectivity index (χ0) is 14.5. The molecule has 0 aliphatic rings. The van der Waals surface area contributed by atoms with E-state index in [1.54, 1.807) is 12.4 Å². The molecule has 2 N–H and O–H groups in total. The van der Waals surface area contributed by atoms with E-state index in [1.165, 1.54) is 0 Å². The van der Waals surface area contributed by atoms with Gasteiger partial charge in [0, 0.05) is 30.7 Å². The van der Waals surface area contributed by atoms with Gasteiger partial charge in [-0.25, -0.2) is 4.98 Å². The smallest absolute Gasteiger partial charge is 0.226 e. The van der Waals surface area contributed by atoms with Crippen molar-refractivity contribution in [3.63, 3.8) is 0 Å². The highest BCUT2D eigenvalue weighted by molar-refractivity contribution is 5.86. The minimum Gasteiger partial charge on any atom is -0.356 e. The summed E-state index contributed by atoms with van der Waals surface area (Å²) in [5.74, 6) is 0.889. The van der Waals surface area contributed by atoms with Crippen LogP contribution >= 0.6 is 0 Å². The van der Waals surface area contributed by atoms with E-state index in [9.17, 15) is 4.79 Å². The zero-order valence-electron chi connectivity index (χ0n) is 11.5. The van der Waals surface area contributed by atoms with Crippen LogP contribution in [0, 0.1) is 0 Å². The number of nitrogens with one attached hydrogen (secondary N) is 2. The number of imidazole rings is 1. The lowest BCUT2D eigenvalue weighted by Gasteiger charge is -2.03. The largest absolute Gasteiger partial charge is 0.356 e. The van der Waals surface area contributed by atoms with Crippen LogP contribution in [0.2, 0.25) is 0 Å². The summed E-state index contributed by atoms with van der Waals surface area (Å²) < 4.78 is 5.18. The van der Waals surface area contributed by atoms with E-state index in [4.69, 9.17) is 4.52 Å². The van der Waals surface area contributed by atoms with Gasteiger partial charge in [-0.05, 0) is 18.6 Å². The van der Waals surface area contributed by atoms with Crippen molar-refractivity contribution in [2.24, 2.45) is 0 Å². The molecule has 1 aromatic carbocycles. The summed E-state index contributed by atoms with van der Waals surface area (Å²) in [5, 5.41) is 7.73. The highest BCUT2D eigenvalue weighted by atomic mass is 16.5. The maximum Gasteiger partial charge on any atom is 0.226 e. The van der Waals surface area contributed by atoms with E-state index in [2.05, 4.69) is 20.4 Å². The molecule has 0 radical (unpaired) electrons. The van der Waals surface area contributed by atoms with Crippen molar-refractivity contribution < 1.29 is 9.32 Å².